The number of hydrogen-bond donors (Lipinski definition) is 1. The third-order valence-corrected chi connectivity index (χ3v) is 4.59. The van der Waals surface area contributed by atoms with E-state index in [0.29, 0.717) is 31.0 Å². The molecule has 0 aromatic carbocycles. The molecule has 1 saturated heterocycles. The van der Waals surface area contributed by atoms with Crippen LogP contribution in [0.15, 0.2) is 0 Å². The zero-order valence-electron chi connectivity index (χ0n) is 9.60. The van der Waals surface area contributed by atoms with Crippen LogP contribution in [-0.4, -0.2) is 43.2 Å². The smallest absolute Gasteiger partial charge is 0.227 e. The number of fused-ring (bicyclic) bond motifs is 2. The monoisotopic (exact) mass is 224 g/mol. The molecule has 2 bridgehead atoms. The first-order valence-corrected chi connectivity index (χ1v) is 6.39. The molecule has 2 N–H and O–H groups in total. The van der Waals surface area contributed by atoms with Crippen LogP contribution in [0.5, 0.6) is 0 Å². The van der Waals surface area contributed by atoms with Gasteiger partial charge in [-0.2, -0.15) is 0 Å². The van der Waals surface area contributed by atoms with E-state index in [4.69, 9.17) is 10.5 Å². The molecule has 3 fully saturated rings. The minimum atomic E-state index is 0.108. The average Bonchev–Trinajstić information content (AvgIpc) is 2.90. The Balaban J connectivity index is 1.70. The molecule has 0 aromatic rings. The Bertz CT molecular complexity index is 287. The van der Waals surface area contributed by atoms with E-state index in [2.05, 4.69) is 0 Å². The number of carbonyl (C=O) groups excluding carboxylic acids is 1. The highest BCUT2D eigenvalue weighted by molar-refractivity contribution is 5.80. The Morgan fingerprint density at radius 3 is 2.50 bits per heavy atom. The van der Waals surface area contributed by atoms with Gasteiger partial charge < -0.3 is 15.4 Å². The van der Waals surface area contributed by atoms with Gasteiger partial charge in [-0.15, -0.1) is 0 Å². The van der Waals surface area contributed by atoms with Crippen molar-refractivity contribution in [1.29, 1.82) is 0 Å². The molecule has 0 radical (unpaired) electrons. The van der Waals surface area contributed by atoms with Gasteiger partial charge in [0, 0.05) is 19.1 Å². The van der Waals surface area contributed by atoms with Crippen molar-refractivity contribution >= 4 is 5.91 Å². The molecular weight excluding hydrogens is 204 g/mol. The molecule has 3 aliphatic rings. The molecule has 4 nitrogen and oxygen atoms in total. The van der Waals surface area contributed by atoms with Crippen LogP contribution in [0.3, 0.4) is 0 Å². The summed E-state index contributed by atoms with van der Waals surface area (Å²) >= 11 is 0. The van der Waals surface area contributed by atoms with Gasteiger partial charge in [-0.3, -0.25) is 4.79 Å². The standard InChI is InChI=1S/C12H20N2O2/c13-11-9-2-1-8(7-9)10(11)12(15)14-3-5-16-6-4-14/h8-11H,1-7,13H2. The summed E-state index contributed by atoms with van der Waals surface area (Å²) in [5.41, 5.74) is 6.19. The van der Waals surface area contributed by atoms with E-state index in [1.807, 2.05) is 4.90 Å². The molecular formula is C12H20N2O2. The fourth-order valence-corrected chi connectivity index (χ4v) is 3.70. The van der Waals surface area contributed by atoms with Crippen LogP contribution in [0.4, 0.5) is 0 Å². The minimum Gasteiger partial charge on any atom is -0.378 e. The fraction of sp³-hybridized carbons (Fsp3) is 0.917. The second kappa shape index (κ2) is 4.00. The van der Waals surface area contributed by atoms with Gasteiger partial charge in [0.1, 0.15) is 0 Å². The lowest BCUT2D eigenvalue weighted by molar-refractivity contribution is -0.141. The Kier molecular flexibility index (Phi) is 2.64. The van der Waals surface area contributed by atoms with Crippen molar-refractivity contribution in [2.75, 3.05) is 26.3 Å². The van der Waals surface area contributed by atoms with Crippen molar-refractivity contribution in [2.24, 2.45) is 23.5 Å². The number of rotatable bonds is 1. The predicted molar refractivity (Wildman–Crippen MR) is 59.7 cm³/mol. The maximum atomic E-state index is 12.4. The quantitative estimate of drug-likeness (QED) is 0.693. The van der Waals surface area contributed by atoms with E-state index in [9.17, 15) is 4.79 Å². The number of ether oxygens (including phenoxy) is 1. The van der Waals surface area contributed by atoms with Crippen LogP contribution in [-0.2, 0) is 9.53 Å². The highest BCUT2D eigenvalue weighted by atomic mass is 16.5. The molecule has 2 aliphatic carbocycles. The molecule has 0 aromatic heterocycles. The topological polar surface area (TPSA) is 55.6 Å². The third-order valence-electron chi connectivity index (χ3n) is 4.59. The summed E-state index contributed by atoms with van der Waals surface area (Å²) in [5, 5.41) is 0. The normalized spacial score (nSPS) is 42.7. The number of nitrogens with two attached hydrogens (primary N) is 1. The van der Waals surface area contributed by atoms with Crippen molar-refractivity contribution in [2.45, 2.75) is 25.3 Å². The van der Waals surface area contributed by atoms with Crippen LogP contribution < -0.4 is 5.73 Å². The van der Waals surface area contributed by atoms with Gasteiger partial charge in [0.2, 0.25) is 5.91 Å². The first-order chi connectivity index (χ1) is 7.77. The Morgan fingerprint density at radius 1 is 1.19 bits per heavy atom. The van der Waals surface area contributed by atoms with Gasteiger partial charge in [0.05, 0.1) is 19.1 Å². The second-order valence-corrected chi connectivity index (χ2v) is 5.37. The first kappa shape index (κ1) is 10.5. The van der Waals surface area contributed by atoms with Crippen molar-refractivity contribution in [3.05, 3.63) is 0 Å². The zero-order valence-corrected chi connectivity index (χ0v) is 9.60. The lowest BCUT2D eigenvalue weighted by atomic mass is 9.84. The fourth-order valence-electron chi connectivity index (χ4n) is 3.70. The van der Waals surface area contributed by atoms with Gasteiger partial charge >= 0.3 is 0 Å². The van der Waals surface area contributed by atoms with Crippen molar-refractivity contribution in [3.63, 3.8) is 0 Å². The molecule has 1 heterocycles. The summed E-state index contributed by atoms with van der Waals surface area (Å²) in [5.74, 6) is 1.58. The first-order valence-electron chi connectivity index (χ1n) is 6.39. The van der Waals surface area contributed by atoms with Crippen LogP contribution in [0.25, 0.3) is 0 Å². The largest absolute Gasteiger partial charge is 0.378 e. The Hall–Kier alpha value is -0.610. The van der Waals surface area contributed by atoms with Crippen LogP contribution in [0, 0.1) is 17.8 Å². The lowest BCUT2D eigenvalue weighted by Crippen LogP contribution is -2.50. The van der Waals surface area contributed by atoms with E-state index >= 15 is 0 Å². The molecule has 1 amide bonds. The predicted octanol–water partition coefficient (Wildman–Crippen LogP) is 0.219. The molecule has 0 spiro atoms. The van der Waals surface area contributed by atoms with Crippen LogP contribution in [0.1, 0.15) is 19.3 Å². The zero-order chi connectivity index (χ0) is 11.1. The Labute approximate surface area is 96.1 Å². The number of nitrogens with zero attached hydrogens (tertiary/aromatic N) is 1. The number of hydrogen-bond acceptors (Lipinski definition) is 3. The maximum absolute atomic E-state index is 12.4. The average molecular weight is 224 g/mol. The summed E-state index contributed by atoms with van der Waals surface area (Å²) in [6, 6.07) is 0.120. The molecule has 4 heteroatoms. The summed E-state index contributed by atoms with van der Waals surface area (Å²) in [7, 11) is 0. The molecule has 4 unspecified atom stereocenters. The van der Waals surface area contributed by atoms with Crippen LogP contribution in [0.2, 0.25) is 0 Å². The van der Waals surface area contributed by atoms with Gasteiger partial charge in [-0.1, -0.05) is 0 Å². The van der Waals surface area contributed by atoms with Crippen molar-refractivity contribution < 1.29 is 9.53 Å². The number of morpholine rings is 1. The van der Waals surface area contributed by atoms with E-state index < -0.39 is 0 Å². The highest BCUT2D eigenvalue weighted by Gasteiger charge is 2.50. The molecule has 90 valence electrons. The second-order valence-electron chi connectivity index (χ2n) is 5.37. The van der Waals surface area contributed by atoms with Crippen molar-refractivity contribution in [1.82, 2.24) is 4.90 Å². The molecule has 1 aliphatic heterocycles. The van der Waals surface area contributed by atoms with Crippen LogP contribution >= 0.6 is 0 Å². The van der Waals surface area contributed by atoms with Crippen molar-refractivity contribution in [3.8, 4) is 0 Å². The minimum absolute atomic E-state index is 0.108. The van der Waals surface area contributed by atoms with E-state index in [1.165, 1.54) is 19.3 Å². The molecule has 2 saturated carbocycles. The summed E-state index contributed by atoms with van der Waals surface area (Å²) in [4.78, 5) is 14.3. The maximum Gasteiger partial charge on any atom is 0.227 e. The van der Waals surface area contributed by atoms with E-state index in [-0.39, 0.29) is 12.0 Å². The highest BCUT2D eigenvalue weighted by Crippen LogP contribution is 2.48. The SMILES string of the molecule is NC1C2CCC(C2)C1C(=O)N1CCOCC1. The number of amides is 1. The van der Waals surface area contributed by atoms with Gasteiger partial charge in [-0.25, -0.2) is 0 Å². The molecule has 4 atom stereocenters. The third kappa shape index (κ3) is 1.55. The van der Waals surface area contributed by atoms with Gasteiger partial charge in [0.25, 0.3) is 0 Å². The summed E-state index contributed by atoms with van der Waals surface area (Å²) in [6.45, 7) is 2.86. The van der Waals surface area contributed by atoms with Gasteiger partial charge in [0.15, 0.2) is 0 Å². The summed E-state index contributed by atoms with van der Waals surface area (Å²) < 4.78 is 5.28. The summed E-state index contributed by atoms with van der Waals surface area (Å²) in [6.07, 6.45) is 3.62. The van der Waals surface area contributed by atoms with E-state index in [1.54, 1.807) is 0 Å². The Morgan fingerprint density at radius 2 is 1.88 bits per heavy atom. The van der Waals surface area contributed by atoms with E-state index in [0.717, 1.165) is 13.1 Å². The lowest BCUT2D eigenvalue weighted by Gasteiger charge is -2.34. The van der Waals surface area contributed by atoms with Gasteiger partial charge in [-0.05, 0) is 31.1 Å². The molecule has 16 heavy (non-hydrogen) atoms. The molecule has 3 rings (SSSR count). The number of carbonyl (C=O) groups is 1.